The molecule has 0 bridgehead atoms. The SMILES string of the molecule is O=C(Nc1ccc(F)cc1F)Nc1cc(-c2ccccc2-c2nnn[nH]2)ccc1N(CCC(F)(F)F)Cc1ccc(C(F)(F)F)cc1. The highest BCUT2D eigenvalue weighted by Gasteiger charge is 2.31. The number of hydrogen-bond donors (Lipinski definition) is 3. The van der Waals surface area contributed by atoms with Crippen molar-refractivity contribution in [2.45, 2.75) is 25.3 Å². The lowest BCUT2D eigenvalue weighted by Crippen LogP contribution is -2.29. The number of aromatic nitrogens is 4. The largest absolute Gasteiger partial charge is 0.416 e. The van der Waals surface area contributed by atoms with Crippen LogP contribution in [0.5, 0.6) is 0 Å². The third-order valence-corrected chi connectivity index (χ3v) is 6.92. The molecule has 0 radical (unpaired) electrons. The summed E-state index contributed by atoms with van der Waals surface area (Å²) >= 11 is 0. The van der Waals surface area contributed by atoms with Crippen LogP contribution in [0.25, 0.3) is 22.5 Å². The zero-order chi connectivity index (χ0) is 33.8. The predicted octanol–water partition coefficient (Wildman–Crippen LogP) is 8.43. The van der Waals surface area contributed by atoms with Crippen molar-refractivity contribution in [3.8, 4) is 22.5 Å². The van der Waals surface area contributed by atoms with E-state index in [9.17, 15) is 39.9 Å². The van der Waals surface area contributed by atoms with Crippen LogP contribution < -0.4 is 15.5 Å². The van der Waals surface area contributed by atoms with Crippen LogP contribution in [0.15, 0.2) is 84.9 Å². The van der Waals surface area contributed by atoms with Crippen molar-refractivity contribution in [1.82, 2.24) is 20.6 Å². The number of rotatable bonds is 9. The van der Waals surface area contributed by atoms with Crippen molar-refractivity contribution in [3.63, 3.8) is 0 Å². The third kappa shape index (κ3) is 8.39. The van der Waals surface area contributed by atoms with Gasteiger partial charge in [-0.2, -0.15) is 26.3 Å². The van der Waals surface area contributed by atoms with Gasteiger partial charge < -0.3 is 15.5 Å². The maximum absolute atomic E-state index is 14.3. The molecule has 0 saturated carbocycles. The van der Waals surface area contributed by atoms with E-state index in [4.69, 9.17) is 0 Å². The first kappa shape index (κ1) is 32.8. The molecule has 1 heterocycles. The quantitative estimate of drug-likeness (QED) is 0.138. The summed E-state index contributed by atoms with van der Waals surface area (Å²) in [4.78, 5) is 14.3. The van der Waals surface area contributed by atoms with Crippen molar-refractivity contribution >= 4 is 23.1 Å². The van der Waals surface area contributed by atoms with Crippen molar-refractivity contribution < 1.29 is 39.9 Å². The number of amides is 2. The number of nitrogens with zero attached hydrogens (tertiary/aromatic N) is 4. The number of alkyl halides is 6. The van der Waals surface area contributed by atoms with Gasteiger partial charge in [-0.05, 0) is 63.5 Å². The van der Waals surface area contributed by atoms with E-state index in [0.717, 1.165) is 36.4 Å². The molecular formula is C31H23F8N7O. The second-order valence-electron chi connectivity index (χ2n) is 10.2. The molecule has 0 fully saturated rings. The van der Waals surface area contributed by atoms with Gasteiger partial charge in [0.1, 0.15) is 11.6 Å². The number of H-pyrrole nitrogens is 1. The fourth-order valence-electron chi connectivity index (χ4n) is 4.73. The summed E-state index contributed by atoms with van der Waals surface area (Å²) in [5.74, 6) is -1.65. The average molecular weight is 662 g/mol. The van der Waals surface area contributed by atoms with Gasteiger partial charge >= 0.3 is 18.4 Å². The van der Waals surface area contributed by atoms with Gasteiger partial charge in [-0.3, -0.25) is 0 Å². The van der Waals surface area contributed by atoms with Gasteiger partial charge in [-0.15, -0.1) is 5.10 Å². The van der Waals surface area contributed by atoms with E-state index in [1.807, 2.05) is 0 Å². The number of nitrogens with one attached hydrogen (secondary N) is 3. The molecule has 0 aliphatic heterocycles. The Kier molecular flexibility index (Phi) is 9.39. The molecule has 5 rings (SSSR count). The van der Waals surface area contributed by atoms with Gasteiger partial charge in [-0.25, -0.2) is 18.7 Å². The molecule has 0 unspecified atom stereocenters. The average Bonchev–Trinajstić information content (AvgIpc) is 3.55. The topological polar surface area (TPSA) is 98.8 Å². The Bertz CT molecular complexity index is 1840. The van der Waals surface area contributed by atoms with Crippen molar-refractivity contribution in [2.24, 2.45) is 0 Å². The van der Waals surface area contributed by atoms with Crippen LogP contribution in [0.4, 0.5) is 57.0 Å². The van der Waals surface area contributed by atoms with E-state index in [1.165, 1.54) is 17.0 Å². The number of anilines is 3. The summed E-state index contributed by atoms with van der Waals surface area (Å²) in [7, 11) is 0. The summed E-state index contributed by atoms with van der Waals surface area (Å²) in [5, 5.41) is 18.5. The maximum atomic E-state index is 14.3. The van der Waals surface area contributed by atoms with E-state index in [2.05, 4.69) is 31.3 Å². The lowest BCUT2D eigenvalue weighted by atomic mass is 9.98. The third-order valence-electron chi connectivity index (χ3n) is 6.92. The van der Waals surface area contributed by atoms with Crippen LogP contribution in [0, 0.1) is 11.6 Å². The van der Waals surface area contributed by atoms with E-state index in [-0.39, 0.29) is 29.2 Å². The van der Waals surface area contributed by atoms with Crippen molar-refractivity contribution in [1.29, 1.82) is 0 Å². The molecule has 8 nitrogen and oxygen atoms in total. The number of aromatic amines is 1. The smallest absolute Gasteiger partial charge is 0.365 e. The Morgan fingerprint density at radius 1 is 0.809 bits per heavy atom. The van der Waals surface area contributed by atoms with Crippen LogP contribution in [-0.2, 0) is 12.7 Å². The van der Waals surface area contributed by atoms with Gasteiger partial charge in [0.15, 0.2) is 5.82 Å². The molecule has 0 spiro atoms. The standard InChI is InChI=1S/C31H23F8N7O/c32-21-10-11-25(24(33)16-21)40-29(47)41-26-15-19(22-3-1-2-4-23(22)28-42-44-45-43-28)7-12-27(26)46(14-13-30(34,35)36)17-18-5-8-20(9-6-18)31(37,38)39/h1-12,15-16H,13-14,17H2,(H2,40,41,47)(H,42,43,44,45). The molecule has 0 aliphatic carbocycles. The Balaban J connectivity index is 1.56. The normalized spacial score (nSPS) is 11.7. The lowest BCUT2D eigenvalue weighted by molar-refractivity contribution is -0.137. The van der Waals surface area contributed by atoms with Crippen LogP contribution in [0.3, 0.4) is 0 Å². The molecule has 244 valence electrons. The van der Waals surface area contributed by atoms with Crippen LogP contribution >= 0.6 is 0 Å². The van der Waals surface area contributed by atoms with Gasteiger partial charge in [-0.1, -0.05) is 42.5 Å². The van der Waals surface area contributed by atoms with Crippen LogP contribution in [0.2, 0.25) is 0 Å². The molecule has 0 atom stereocenters. The molecule has 5 aromatic rings. The predicted molar refractivity (Wildman–Crippen MR) is 157 cm³/mol. The number of carbonyl (C=O) groups is 1. The van der Waals surface area contributed by atoms with Gasteiger partial charge in [0.25, 0.3) is 0 Å². The highest BCUT2D eigenvalue weighted by atomic mass is 19.4. The molecule has 0 aliphatic rings. The minimum absolute atomic E-state index is 0.0258. The summed E-state index contributed by atoms with van der Waals surface area (Å²) in [5.41, 5.74) is 0.588. The molecule has 1 aromatic heterocycles. The number of urea groups is 1. The Hall–Kier alpha value is -5.54. The van der Waals surface area contributed by atoms with Gasteiger partial charge in [0.2, 0.25) is 0 Å². The highest BCUT2D eigenvalue weighted by Crippen LogP contribution is 2.37. The summed E-state index contributed by atoms with van der Waals surface area (Å²) in [6.07, 6.45) is -10.5. The zero-order valence-corrected chi connectivity index (χ0v) is 23.9. The van der Waals surface area contributed by atoms with Crippen LogP contribution in [-0.4, -0.2) is 39.4 Å². The van der Waals surface area contributed by atoms with E-state index in [1.54, 1.807) is 30.3 Å². The summed E-state index contributed by atoms with van der Waals surface area (Å²) in [6.45, 7) is -0.899. The second-order valence-corrected chi connectivity index (χ2v) is 10.2. The fraction of sp³-hybridized carbons (Fsp3) is 0.161. The number of carbonyl (C=O) groups excluding carboxylic acids is 1. The minimum atomic E-state index is -4.61. The van der Waals surface area contributed by atoms with Crippen molar-refractivity contribution in [2.75, 3.05) is 22.1 Å². The first-order valence-corrected chi connectivity index (χ1v) is 13.8. The number of benzene rings is 4. The molecular weight excluding hydrogens is 638 g/mol. The molecule has 4 aromatic carbocycles. The Morgan fingerprint density at radius 2 is 1.51 bits per heavy atom. The highest BCUT2D eigenvalue weighted by molar-refractivity contribution is 6.02. The Labute approximate surface area is 261 Å². The van der Waals surface area contributed by atoms with E-state index >= 15 is 0 Å². The molecule has 47 heavy (non-hydrogen) atoms. The van der Waals surface area contributed by atoms with E-state index in [0.29, 0.717) is 28.6 Å². The summed E-state index contributed by atoms with van der Waals surface area (Å²) in [6, 6.07) is 16.7. The van der Waals surface area contributed by atoms with Gasteiger partial charge in [0.05, 0.1) is 29.0 Å². The van der Waals surface area contributed by atoms with Crippen molar-refractivity contribution in [3.05, 3.63) is 108 Å². The first-order chi connectivity index (χ1) is 22.3. The molecule has 3 N–H and O–H groups in total. The van der Waals surface area contributed by atoms with Crippen LogP contribution in [0.1, 0.15) is 17.5 Å². The number of hydrogen-bond acceptors (Lipinski definition) is 5. The molecule has 16 heteroatoms. The zero-order valence-electron chi connectivity index (χ0n) is 23.9. The Morgan fingerprint density at radius 3 is 2.15 bits per heavy atom. The first-order valence-electron chi connectivity index (χ1n) is 13.8. The number of halogens is 8. The molecule has 0 saturated heterocycles. The monoisotopic (exact) mass is 661 g/mol. The van der Waals surface area contributed by atoms with Gasteiger partial charge in [0, 0.05) is 24.7 Å². The second kappa shape index (κ2) is 13.4. The number of tetrazole rings is 1. The van der Waals surface area contributed by atoms with E-state index < -0.39 is 48.5 Å². The summed E-state index contributed by atoms with van der Waals surface area (Å²) < 4.78 is 107. The fourth-order valence-corrected chi connectivity index (χ4v) is 4.73. The lowest BCUT2D eigenvalue weighted by Gasteiger charge is -2.28. The minimum Gasteiger partial charge on any atom is -0.365 e. The molecule has 2 amide bonds. The maximum Gasteiger partial charge on any atom is 0.416 e.